The van der Waals surface area contributed by atoms with Crippen molar-refractivity contribution in [2.45, 2.75) is 12.6 Å². The molecule has 1 amide bonds. The molecular weight excluding hydrogens is 396 g/mol. The number of hydrogen-bond acceptors (Lipinski definition) is 6. The molecule has 1 unspecified atom stereocenters. The minimum absolute atomic E-state index is 0.0524. The molecule has 0 aliphatic carbocycles. The Labute approximate surface area is 182 Å². The number of carbonyl (C=O) groups excluding carboxylic acids is 1. The number of rotatable bonds is 10. The number of methoxy groups -OCH3 is 2. The standard InChI is InChI=1S/C24H28N2O5/c1-26(2)19(18-9-5-6-10-20(18)28-3)15-25-24(27)23-14-13-17(31-23)16-30-22-12-8-7-11-21(22)29-4/h5-14,19H,15-16H2,1-4H3,(H,25,27). The van der Waals surface area contributed by atoms with Crippen LogP contribution in [0.2, 0.25) is 0 Å². The highest BCUT2D eigenvalue weighted by Gasteiger charge is 2.20. The van der Waals surface area contributed by atoms with Crippen molar-refractivity contribution in [3.05, 3.63) is 77.7 Å². The van der Waals surface area contributed by atoms with E-state index >= 15 is 0 Å². The molecule has 0 saturated carbocycles. The minimum Gasteiger partial charge on any atom is -0.496 e. The molecule has 0 aliphatic heterocycles. The fourth-order valence-electron chi connectivity index (χ4n) is 3.25. The maximum Gasteiger partial charge on any atom is 0.287 e. The van der Waals surface area contributed by atoms with Gasteiger partial charge in [-0.2, -0.15) is 0 Å². The predicted molar refractivity (Wildman–Crippen MR) is 118 cm³/mol. The third-order valence-electron chi connectivity index (χ3n) is 4.90. The predicted octanol–water partition coefficient (Wildman–Crippen LogP) is 3.91. The first-order valence-electron chi connectivity index (χ1n) is 9.95. The summed E-state index contributed by atoms with van der Waals surface area (Å²) in [4.78, 5) is 14.7. The highest BCUT2D eigenvalue weighted by atomic mass is 16.5. The Balaban J connectivity index is 1.61. The highest BCUT2D eigenvalue weighted by molar-refractivity contribution is 5.91. The summed E-state index contributed by atoms with van der Waals surface area (Å²) in [6.45, 7) is 0.592. The van der Waals surface area contributed by atoms with Gasteiger partial charge < -0.3 is 28.8 Å². The molecule has 1 aromatic heterocycles. The number of para-hydroxylation sites is 3. The van der Waals surface area contributed by atoms with Crippen molar-refractivity contribution in [3.63, 3.8) is 0 Å². The number of furan rings is 1. The number of hydrogen-bond donors (Lipinski definition) is 1. The number of carbonyl (C=O) groups is 1. The van der Waals surface area contributed by atoms with Gasteiger partial charge in [-0.15, -0.1) is 0 Å². The first-order valence-corrected chi connectivity index (χ1v) is 9.95. The molecule has 7 heteroatoms. The van der Waals surface area contributed by atoms with Crippen LogP contribution in [0.4, 0.5) is 0 Å². The molecular formula is C24H28N2O5. The summed E-state index contributed by atoms with van der Waals surface area (Å²) in [6, 6.07) is 18.5. The van der Waals surface area contributed by atoms with Gasteiger partial charge in [0.1, 0.15) is 18.1 Å². The second-order valence-corrected chi connectivity index (χ2v) is 7.14. The Hall–Kier alpha value is -3.45. The van der Waals surface area contributed by atoms with E-state index in [1.165, 1.54) is 0 Å². The number of likely N-dealkylation sites (N-methyl/N-ethyl adjacent to an activating group) is 1. The lowest BCUT2D eigenvalue weighted by Gasteiger charge is -2.26. The van der Waals surface area contributed by atoms with Crippen LogP contribution in [0.15, 0.2) is 65.1 Å². The molecule has 0 aliphatic rings. The van der Waals surface area contributed by atoms with Crippen LogP contribution < -0.4 is 19.5 Å². The van der Waals surface area contributed by atoms with Crippen LogP contribution in [-0.4, -0.2) is 45.7 Å². The van der Waals surface area contributed by atoms with E-state index in [0.29, 0.717) is 23.8 Å². The first kappa shape index (κ1) is 22.2. The van der Waals surface area contributed by atoms with Gasteiger partial charge in [-0.05, 0) is 44.4 Å². The van der Waals surface area contributed by atoms with Gasteiger partial charge in [0.05, 0.1) is 20.3 Å². The smallest absolute Gasteiger partial charge is 0.287 e. The van der Waals surface area contributed by atoms with Crippen LogP contribution in [0.5, 0.6) is 17.2 Å². The van der Waals surface area contributed by atoms with Crippen molar-refractivity contribution in [2.24, 2.45) is 0 Å². The van der Waals surface area contributed by atoms with Crippen LogP contribution in [0.3, 0.4) is 0 Å². The van der Waals surface area contributed by atoms with E-state index in [-0.39, 0.29) is 24.3 Å². The van der Waals surface area contributed by atoms with Crippen molar-refractivity contribution in [3.8, 4) is 17.2 Å². The number of nitrogens with one attached hydrogen (secondary N) is 1. The van der Waals surface area contributed by atoms with Gasteiger partial charge in [0.2, 0.25) is 0 Å². The lowest BCUT2D eigenvalue weighted by Crippen LogP contribution is -2.34. The maximum absolute atomic E-state index is 12.6. The normalized spacial score (nSPS) is 11.8. The van der Waals surface area contributed by atoms with E-state index < -0.39 is 0 Å². The van der Waals surface area contributed by atoms with Gasteiger partial charge >= 0.3 is 0 Å². The van der Waals surface area contributed by atoms with E-state index in [9.17, 15) is 4.79 Å². The zero-order chi connectivity index (χ0) is 22.2. The summed E-state index contributed by atoms with van der Waals surface area (Å²) in [5.74, 6) is 2.52. The zero-order valence-corrected chi connectivity index (χ0v) is 18.3. The molecule has 3 aromatic rings. The Morgan fingerprint density at radius 2 is 1.58 bits per heavy atom. The summed E-state index contributed by atoms with van der Waals surface area (Å²) in [6.07, 6.45) is 0. The van der Waals surface area contributed by atoms with Crippen molar-refractivity contribution in [1.29, 1.82) is 0 Å². The first-order chi connectivity index (χ1) is 15.0. The summed E-state index contributed by atoms with van der Waals surface area (Å²) in [5.41, 5.74) is 1.00. The Kier molecular flexibility index (Phi) is 7.56. The van der Waals surface area contributed by atoms with E-state index in [1.54, 1.807) is 26.4 Å². The average Bonchev–Trinajstić information content (AvgIpc) is 3.27. The Morgan fingerprint density at radius 1 is 0.935 bits per heavy atom. The third kappa shape index (κ3) is 5.58. The molecule has 1 atom stereocenters. The molecule has 1 N–H and O–H groups in total. The zero-order valence-electron chi connectivity index (χ0n) is 18.3. The lowest BCUT2D eigenvalue weighted by molar-refractivity contribution is 0.0909. The molecule has 1 heterocycles. The van der Waals surface area contributed by atoms with Crippen molar-refractivity contribution in [2.75, 3.05) is 34.9 Å². The second-order valence-electron chi connectivity index (χ2n) is 7.14. The minimum atomic E-state index is -0.287. The summed E-state index contributed by atoms with van der Waals surface area (Å²) >= 11 is 0. The summed E-state index contributed by atoms with van der Waals surface area (Å²) in [5, 5.41) is 2.94. The summed E-state index contributed by atoms with van der Waals surface area (Å²) < 4.78 is 22.2. The topological polar surface area (TPSA) is 73.2 Å². The largest absolute Gasteiger partial charge is 0.496 e. The van der Waals surface area contributed by atoms with Gasteiger partial charge in [-0.1, -0.05) is 30.3 Å². The molecule has 3 rings (SSSR count). The van der Waals surface area contributed by atoms with E-state index in [4.69, 9.17) is 18.6 Å². The lowest BCUT2D eigenvalue weighted by atomic mass is 10.0. The fraction of sp³-hybridized carbons (Fsp3) is 0.292. The number of benzene rings is 2. The van der Waals surface area contributed by atoms with Crippen molar-refractivity contribution < 1.29 is 23.4 Å². The number of amides is 1. The quantitative estimate of drug-likeness (QED) is 0.532. The monoisotopic (exact) mass is 424 g/mol. The van der Waals surface area contributed by atoms with E-state index in [2.05, 4.69) is 5.32 Å². The van der Waals surface area contributed by atoms with Crippen molar-refractivity contribution >= 4 is 5.91 Å². The number of ether oxygens (including phenoxy) is 3. The highest BCUT2D eigenvalue weighted by Crippen LogP contribution is 2.28. The molecule has 31 heavy (non-hydrogen) atoms. The van der Waals surface area contributed by atoms with E-state index in [0.717, 1.165) is 11.3 Å². The van der Waals surface area contributed by atoms with E-state index in [1.807, 2.05) is 67.5 Å². The van der Waals surface area contributed by atoms with Crippen LogP contribution in [0.25, 0.3) is 0 Å². The molecule has 7 nitrogen and oxygen atoms in total. The Morgan fingerprint density at radius 3 is 2.26 bits per heavy atom. The molecule has 0 spiro atoms. The summed E-state index contributed by atoms with van der Waals surface area (Å²) in [7, 11) is 7.15. The molecule has 0 bridgehead atoms. The second kappa shape index (κ2) is 10.5. The Bertz CT molecular complexity index is 999. The number of nitrogens with zero attached hydrogens (tertiary/aromatic N) is 1. The fourth-order valence-corrected chi connectivity index (χ4v) is 3.25. The average molecular weight is 424 g/mol. The SMILES string of the molecule is COc1ccccc1OCc1ccc(C(=O)NCC(c2ccccc2OC)N(C)C)o1. The van der Waals surface area contributed by atoms with Gasteiger partial charge in [-0.25, -0.2) is 0 Å². The van der Waals surface area contributed by atoms with Gasteiger partial charge in [-0.3, -0.25) is 4.79 Å². The molecule has 0 radical (unpaired) electrons. The third-order valence-corrected chi connectivity index (χ3v) is 4.90. The van der Waals surface area contributed by atoms with Gasteiger partial charge in [0, 0.05) is 12.1 Å². The van der Waals surface area contributed by atoms with Crippen LogP contribution in [0, 0.1) is 0 Å². The molecule has 0 saturated heterocycles. The van der Waals surface area contributed by atoms with Crippen molar-refractivity contribution in [1.82, 2.24) is 10.2 Å². The van der Waals surface area contributed by atoms with Crippen LogP contribution in [0.1, 0.15) is 27.9 Å². The maximum atomic E-state index is 12.6. The van der Waals surface area contributed by atoms with Gasteiger partial charge in [0.25, 0.3) is 5.91 Å². The molecule has 2 aromatic carbocycles. The molecule has 164 valence electrons. The van der Waals surface area contributed by atoms with Gasteiger partial charge in [0.15, 0.2) is 17.3 Å². The molecule has 0 fully saturated rings. The van der Waals surface area contributed by atoms with Crippen LogP contribution in [-0.2, 0) is 6.61 Å². The van der Waals surface area contributed by atoms with Crippen LogP contribution >= 0.6 is 0 Å².